The summed E-state index contributed by atoms with van der Waals surface area (Å²) in [6.07, 6.45) is 0. The second-order valence-corrected chi connectivity index (χ2v) is 4.87. The molecule has 0 fully saturated rings. The van der Waals surface area contributed by atoms with E-state index in [9.17, 15) is 0 Å². The zero-order valence-corrected chi connectivity index (χ0v) is 11.6. The predicted octanol–water partition coefficient (Wildman–Crippen LogP) is 3.68. The predicted molar refractivity (Wildman–Crippen MR) is 69.4 cm³/mol. The fourth-order valence-electron chi connectivity index (χ4n) is 1.28. The number of nitrogens with zero attached hydrogens (tertiary/aromatic N) is 2. The minimum atomic E-state index is 0.485. The van der Waals surface area contributed by atoms with Gasteiger partial charge in [0, 0.05) is 10.0 Å². The van der Waals surface area contributed by atoms with Crippen LogP contribution < -0.4 is 4.74 Å². The van der Waals surface area contributed by atoms with E-state index in [0.29, 0.717) is 5.88 Å². The molecule has 16 heavy (non-hydrogen) atoms. The number of ether oxygens (including phenoxy) is 1. The summed E-state index contributed by atoms with van der Waals surface area (Å²) in [5.41, 5.74) is 1.80. The van der Waals surface area contributed by atoms with Crippen LogP contribution in [0.3, 0.4) is 0 Å². The van der Waals surface area contributed by atoms with E-state index in [1.54, 1.807) is 7.11 Å². The number of methoxy groups -OCH3 is 1. The van der Waals surface area contributed by atoms with Crippen LogP contribution in [0, 0.1) is 0 Å². The molecule has 2 aromatic rings. The molecule has 0 unspecified atom stereocenters. The average molecular weight is 344 g/mol. The van der Waals surface area contributed by atoms with E-state index in [1.165, 1.54) is 0 Å². The van der Waals surface area contributed by atoms with Crippen LogP contribution in [0.1, 0.15) is 0 Å². The highest BCUT2D eigenvalue weighted by atomic mass is 79.9. The summed E-state index contributed by atoms with van der Waals surface area (Å²) in [4.78, 5) is 0. The van der Waals surface area contributed by atoms with E-state index in [1.807, 2.05) is 30.3 Å². The van der Waals surface area contributed by atoms with E-state index in [0.717, 1.165) is 20.2 Å². The van der Waals surface area contributed by atoms with Gasteiger partial charge in [-0.25, -0.2) is 0 Å². The summed E-state index contributed by atoms with van der Waals surface area (Å²) < 4.78 is 6.83. The Bertz CT molecular complexity index is 517. The lowest BCUT2D eigenvalue weighted by molar-refractivity contribution is 0.389. The lowest BCUT2D eigenvalue weighted by Gasteiger charge is -2.04. The van der Waals surface area contributed by atoms with Gasteiger partial charge in [0.2, 0.25) is 5.88 Å². The lowest BCUT2D eigenvalue weighted by Crippen LogP contribution is -1.93. The zero-order chi connectivity index (χ0) is 11.5. The van der Waals surface area contributed by atoms with Gasteiger partial charge in [-0.15, -0.1) is 10.2 Å². The van der Waals surface area contributed by atoms with Crippen molar-refractivity contribution in [2.24, 2.45) is 0 Å². The summed E-state index contributed by atoms with van der Waals surface area (Å²) in [6, 6.07) is 9.78. The van der Waals surface area contributed by atoms with E-state index in [2.05, 4.69) is 42.1 Å². The van der Waals surface area contributed by atoms with Crippen LogP contribution in [0.15, 0.2) is 39.3 Å². The molecule has 0 saturated heterocycles. The third-order valence-corrected chi connectivity index (χ3v) is 3.09. The van der Waals surface area contributed by atoms with E-state index in [4.69, 9.17) is 4.74 Å². The van der Waals surface area contributed by atoms with Crippen LogP contribution in [-0.4, -0.2) is 17.3 Å². The molecule has 0 saturated carbocycles. The Labute approximate surface area is 110 Å². The molecular weight excluding hydrogens is 336 g/mol. The van der Waals surface area contributed by atoms with Crippen molar-refractivity contribution >= 4 is 31.9 Å². The molecule has 0 aliphatic carbocycles. The lowest BCUT2D eigenvalue weighted by atomic mass is 10.1. The van der Waals surface area contributed by atoms with Crippen molar-refractivity contribution in [3.05, 3.63) is 39.3 Å². The van der Waals surface area contributed by atoms with Crippen molar-refractivity contribution in [3.63, 3.8) is 0 Å². The first-order valence-corrected chi connectivity index (χ1v) is 6.12. The largest absolute Gasteiger partial charge is 0.479 e. The maximum Gasteiger partial charge on any atom is 0.247 e. The molecule has 82 valence electrons. The molecular formula is C11H8Br2N2O. The fourth-order valence-corrected chi connectivity index (χ4v) is 2.14. The molecule has 0 spiro atoms. The SMILES string of the molecule is COc1nnc(-c2cccc(Br)c2)cc1Br. The monoisotopic (exact) mass is 342 g/mol. The van der Waals surface area contributed by atoms with E-state index < -0.39 is 0 Å². The van der Waals surface area contributed by atoms with Gasteiger partial charge in [-0.1, -0.05) is 28.1 Å². The number of hydrogen-bond acceptors (Lipinski definition) is 3. The second-order valence-electron chi connectivity index (χ2n) is 3.10. The summed E-state index contributed by atoms with van der Waals surface area (Å²) in [7, 11) is 1.56. The molecule has 1 aromatic heterocycles. The summed E-state index contributed by atoms with van der Waals surface area (Å²) in [6.45, 7) is 0. The third-order valence-electron chi connectivity index (χ3n) is 2.03. The standard InChI is InChI=1S/C11H8Br2N2O/c1-16-11-9(13)6-10(14-15-11)7-3-2-4-8(12)5-7/h2-6H,1H3. The molecule has 3 nitrogen and oxygen atoms in total. The maximum atomic E-state index is 5.03. The summed E-state index contributed by atoms with van der Waals surface area (Å²) in [5, 5.41) is 8.06. The van der Waals surface area contributed by atoms with Gasteiger partial charge in [-0.3, -0.25) is 0 Å². The molecule has 2 rings (SSSR count). The fraction of sp³-hybridized carbons (Fsp3) is 0.0909. The van der Waals surface area contributed by atoms with Gasteiger partial charge in [0.25, 0.3) is 0 Å². The highest BCUT2D eigenvalue weighted by Crippen LogP contribution is 2.27. The maximum absolute atomic E-state index is 5.03. The molecule has 0 radical (unpaired) electrons. The first-order valence-electron chi connectivity index (χ1n) is 4.54. The molecule has 0 bridgehead atoms. The van der Waals surface area contributed by atoms with Crippen molar-refractivity contribution in [2.45, 2.75) is 0 Å². The number of rotatable bonds is 2. The smallest absolute Gasteiger partial charge is 0.247 e. The Morgan fingerprint density at radius 2 is 1.94 bits per heavy atom. The van der Waals surface area contributed by atoms with E-state index in [-0.39, 0.29) is 0 Å². The van der Waals surface area contributed by atoms with Gasteiger partial charge in [-0.2, -0.15) is 0 Å². The molecule has 0 amide bonds. The molecule has 0 N–H and O–H groups in total. The van der Waals surface area contributed by atoms with Crippen LogP contribution in [-0.2, 0) is 0 Å². The van der Waals surface area contributed by atoms with Crippen LogP contribution in [0.5, 0.6) is 5.88 Å². The minimum Gasteiger partial charge on any atom is -0.479 e. The minimum absolute atomic E-state index is 0.485. The van der Waals surface area contributed by atoms with Crippen molar-refractivity contribution in [1.29, 1.82) is 0 Å². The Hall–Kier alpha value is -0.940. The zero-order valence-electron chi connectivity index (χ0n) is 8.45. The Kier molecular flexibility index (Phi) is 3.56. The van der Waals surface area contributed by atoms with Gasteiger partial charge >= 0.3 is 0 Å². The third kappa shape index (κ3) is 2.41. The van der Waals surface area contributed by atoms with Gasteiger partial charge in [0.1, 0.15) is 0 Å². The number of hydrogen-bond donors (Lipinski definition) is 0. The highest BCUT2D eigenvalue weighted by molar-refractivity contribution is 9.10. The normalized spacial score (nSPS) is 10.2. The molecule has 0 aliphatic rings. The van der Waals surface area contributed by atoms with Gasteiger partial charge in [0.15, 0.2) is 0 Å². The number of aromatic nitrogens is 2. The van der Waals surface area contributed by atoms with Crippen molar-refractivity contribution in [3.8, 4) is 17.1 Å². The molecule has 1 heterocycles. The number of benzene rings is 1. The van der Waals surface area contributed by atoms with Crippen molar-refractivity contribution in [2.75, 3.05) is 7.11 Å². The van der Waals surface area contributed by atoms with Gasteiger partial charge < -0.3 is 4.74 Å². The molecule has 0 aliphatic heterocycles. The summed E-state index contributed by atoms with van der Waals surface area (Å²) in [5.74, 6) is 0.485. The van der Waals surface area contributed by atoms with Crippen LogP contribution in [0.25, 0.3) is 11.3 Å². The first kappa shape index (κ1) is 11.5. The van der Waals surface area contributed by atoms with E-state index >= 15 is 0 Å². The summed E-state index contributed by atoms with van der Waals surface area (Å²) >= 11 is 6.81. The van der Waals surface area contributed by atoms with Crippen molar-refractivity contribution in [1.82, 2.24) is 10.2 Å². The quantitative estimate of drug-likeness (QED) is 0.834. The molecule has 0 atom stereocenters. The van der Waals surface area contributed by atoms with Crippen molar-refractivity contribution < 1.29 is 4.74 Å². The van der Waals surface area contributed by atoms with Crippen LogP contribution in [0.4, 0.5) is 0 Å². The van der Waals surface area contributed by atoms with Crippen LogP contribution in [0.2, 0.25) is 0 Å². The number of halogens is 2. The topological polar surface area (TPSA) is 35.0 Å². The van der Waals surface area contributed by atoms with Gasteiger partial charge in [0.05, 0.1) is 17.3 Å². The average Bonchev–Trinajstić information content (AvgIpc) is 2.29. The van der Waals surface area contributed by atoms with Gasteiger partial charge in [-0.05, 0) is 34.1 Å². The Morgan fingerprint density at radius 3 is 2.56 bits per heavy atom. The highest BCUT2D eigenvalue weighted by Gasteiger charge is 2.06. The second kappa shape index (κ2) is 4.93. The first-order chi connectivity index (χ1) is 7.70. The molecule has 5 heteroatoms. The van der Waals surface area contributed by atoms with Crippen LogP contribution >= 0.6 is 31.9 Å². The Balaban J connectivity index is 2.45. The Morgan fingerprint density at radius 1 is 1.12 bits per heavy atom. The molecule has 1 aromatic carbocycles.